The fourth-order valence-electron chi connectivity index (χ4n) is 2.58. The van der Waals surface area contributed by atoms with Crippen molar-refractivity contribution in [3.8, 4) is 11.3 Å². The Morgan fingerprint density at radius 3 is 2.35 bits per heavy atom. The quantitative estimate of drug-likeness (QED) is 0.660. The van der Waals surface area contributed by atoms with E-state index in [0.29, 0.717) is 13.1 Å². The van der Waals surface area contributed by atoms with Gasteiger partial charge in [-0.25, -0.2) is 0 Å². The Kier molecular flexibility index (Phi) is 5.19. The topological polar surface area (TPSA) is 50.1 Å². The van der Waals surface area contributed by atoms with Crippen LogP contribution >= 0.6 is 0 Å². The van der Waals surface area contributed by atoms with Gasteiger partial charge in [0.1, 0.15) is 0 Å². The summed E-state index contributed by atoms with van der Waals surface area (Å²) in [5.74, 6) is 0. The smallest absolute Gasteiger partial charge is 0.0968 e. The standard InChI is InChI=1S/C19H21N3O/c23-12-11-20-13-18-15-22(14-16-7-3-1-4-8-16)21-19(18)17-9-5-2-6-10-17/h1-10,15,20,23H,11-14H2. The molecular weight excluding hydrogens is 286 g/mol. The zero-order chi connectivity index (χ0) is 15.9. The molecule has 2 aromatic carbocycles. The van der Waals surface area contributed by atoms with Gasteiger partial charge in [-0.05, 0) is 5.56 Å². The predicted octanol–water partition coefficient (Wildman–Crippen LogP) is 2.68. The molecule has 0 bridgehead atoms. The van der Waals surface area contributed by atoms with Crippen LogP contribution in [0, 0.1) is 0 Å². The highest BCUT2D eigenvalue weighted by molar-refractivity contribution is 5.62. The highest BCUT2D eigenvalue weighted by Gasteiger charge is 2.11. The highest BCUT2D eigenvalue weighted by atomic mass is 16.3. The molecule has 0 amide bonds. The number of aliphatic hydroxyl groups excluding tert-OH is 1. The molecule has 0 atom stereocenters. The summed E-state index contributed by atoms with van der Waals surface area (Å²) in [6.45, 7) is 2.16. The van der Waals surface area contributed by atoms with Crippen LogP contribution in [0.5, 0.6) is 0 Å². The lowest BCUT2D eigenvalue weighted by Crippen LogP contribution is -2.17. The first-order valence-corrected chi connectivity index (χ1v) is 7.84. The minimum absolute atomic E-state index is 0.138. The van der Waals surface area contributed by atoms with Crippen LogP contribution in [-0.4, -0.2) is 28.0 Å². The number of nitrogens with one attached hydrogen (secondary N) is 1. The molecule has 3 rings (SSSR count). The third-order valence-corrected chi connectivity index (χ3v) is 3.68. The SMILES string of the molecule is OCCNCc1cn(Cc2ccccc2)nc1-c1ccccc1. The van der Waals surface area contributed by atoms with Crippen molar-refractivity contribution in [1.29, 1.82) is 0 Å². The fraction of sp³-hybridized carbons (Fsp3) is 0.211. The number of nitrogens with zero attached hydrogens (tertiary/aromatic N) is 2. The minimum Gasteiger partial charge on any atom is -0.395 e. The van der Waals surface area contributed by atoms with Gasteiger partial charge >= 0.3 is 0 Å². The normalized spacial score (nSPS) is 10.8. The first-order chi connectivity index (χ1) is 11.4. The van der Waals surface area contributed by atoms with Gasteiger partial charge in [-0.15, -0.1) is 0 Å². The van der Waals surface area contributed by atoms with E-state index in [1.54, 1.807) is 0 Å². The average molecular weight is 307 g/mol. The second kappa shape index (κ2) is 7.72. The molecule has 23 heavy (non-hydrogen) atoms. The van der Waals surface area contributed by atoms with E-state index in [4.69, 9.17) is 10.2 Å². The van der Waals surface area contributed by atoms with Crippen LogP contribution in [0.1, 0.15) is 11.1 Å². The first kappa shape index (κ1) is 15.5. The second-order valence-electron chi connectivity index (χ2n) is 5.45. The Balaban J connectivity index is 1.86. The van der Waals surface area contributed by atoms with Crippen molar-refractivity contribution in [3.63, 3.8) is 0 Å². The summed E-state index contributed by atoms with van der Waals surface area (Å²) >= 11 is 0. The molecule has 0 aliphatic rings. The Labute approximate surface area is 136 Å². The Morgan fingerprint density at radius 2 is 1.65 bits per heavy atom. The predicted molar refractivity (Wildman–Crippen MR) is 92.0 cm³/mol. The van der Waals surface area contributed by atoms with Gasteiger partial charge in [-0.3, -0.25) is 4.68 Å². The van der Waals surface area contributed by atoms with E-state index in [2.05, 4.69) is 35.8 Å². The van der Waals surface area contributed by atoms with Crippen LogP contribution < -0.4 is 5.32 Å². The van der Waals surface area contributed by atoms with Gasteiger partial charge in [-0.1, -0.05) is 60.7 Å². The number of hydrogen-bond donors (Lipinski definition) is 2. The molecule has 0 aliphatic carbocycles. The molecule has 0 spiro atoms. The average Bonchev–Trinajstić information content (AvgIpc) is 2.99. The third kappa shape index (κ3) is 4.06. The van der Waals surface area contributed by atoms with Crippen molar-refractivity contribution >= 4 is 0 Å². The maximum absolute atomic E-state index is 8.95. The van der Waals surface area contributed by atoms with Gasteiger partial charge in [-0.2, -0.15) is 5.10 Å². The van der Waals surface area contributed by atoms with Crippen LogP contribution in [0.25, 0.3) is 11.3 Å². The van der Waals surface area contributed by atoms with E-state index in [1.807, 2.05) is 41.1 Å². The minimum atomic E-state index is 0.138. The van der Waals surface area contributed by atoms with Crippen LogP contribution in [0.3, 0.4) is 0 Å². The van der Waals surface area contributed by atoms with E-state index in [-0.39, 0.29) is 6.61 Å². The lowest BCUT2D eigenvalue weighted by atomic mass is 10.1. The summed E-state index contributed by atoms with van der Waals surface area (Å²) in [6, 6.07) is 20.5. The summed E-state index contributed by atoms with van der Waals surface area (Å²) in [4.78, 5) is 0. The summed E-state index contributed by atoms with van der Waals surface area (Å²) in [5, 5.41) is 17.0. The number of rotatable bonds is 7. The van der Waals surface area contributed by atoms with E-state index in [1.165, 1.54) is 5.56 Å². The zero-order valence-electron chi connectivity index (χ0n) is 13.0. The monoisotopic (exact) mass is 307 g/mol. The molecule has 1 heterocycles. The molecule has 0 saturated carbocycles. The zero-order valence-corrected chi connectivity index (χ0v) is 13.0. The largest absolute Gasteiger partial charge is 0.395 e. The van der Waals surface area contributed by atoms with Gasteiger partial charge < -0.3 is 10.4 Å². The van der Waals surface area contributed by atoms with Gasteiger partial charge in [0.25, 0.3) is 0 Å². The number of benzene rings is 2. The van der Waals surface area contributed by atoms with Gasteiger partial charge in [0.2, 0.25) is 0 Å². The Morgan fingerprint density at radius 1 is 0.957 bits per heavy atom. The molecule has 4 heteroatoms. The van der Waals surface area contributed by atoms with E-state index >= 15 is 0 Å². The summed E-state index contributed by atoms with van der Waals surface area (Å²) < 4.78 is 1.98. The van der Waals surface area contributed by atoms with Crippen molar-refractivity contribution in [1.82, 2.24) is 15.1 Å². The third-order valence-electron chi connectivity index (χ3n) is 3.68. The van der Waals surface area contributed by atoms with Crippen molar-refractivity contribution in [2.24, 2.45) is 0 Å². The molecule has 0 aliphatic heterocycles. The lowest BCUT2D eigenvalue weighted by Gasteiger charge is -2.03. The maximum Gasteiger partial charge on any atom is 0.0968 e. The Bertz CT molecular complexity index is 723. The molecule has 3 aromatic rings. The highest BCUT2D eigenvalue weighted by Crippen LogP contribution is 2.22. The van der Waals surface area contributed by atoms with Crippen LogP contribution in [0.2, 0.25) is 0 Å². The summed E-state index contributed by atoms with van der Waals surface area (Å²) in [5.41, 5.74) is 4.47. The second-order valence-corrected chi connectivity index (χ2v) is 5.45. The van der Waals surface area contributed by atoms with E-state index < -0.39 is 0 Å². The molecule has 4 nitrogen and oxygen atoms in total. The van der Waals surface area contributed by atoms with Crippen molar-refractivity contribution in [2.75, 3.05) is 13.2 Å². The number of aromatic nitrogens is 2. The Hall–Kier alpha value is -2.43. The molecule has 2 N–H and O–H groups in total. The van der Waals surface area contributed by atoms with E-state index in [9.17, 15) is 0 Å². The molecule has 118 valence electrons. The van der Waals surface area contributed by atoms with Crippen LogP contribution in [0.15, 0.2) is 66.9 Å². The maximum atomic E-state index is 8.95. The number of aliphatic hydroxyl groups is 1. The molecule has 0 unspecified atom stereocenters. The van der Waals surface area contributed by atoms with Crippen LogP contribution in [0.4, 0.5) is 0 Å². The van der Waals surface area contributed by atoms with Gasteiger partial charge in [0, 0.05) is 30.4 Å². The molecular formula is C19H21N3O. The fourth-order valence-corrected chi connectivity index (χ4v) is 2.58. The van der Waals surface area contributed by atoms with Gasteiger partial charge in [0.05, 0.1) is 18.8 Å². The van der Waals surface area contributed by atoms with Crippen molar-refractivity contribution < 1.29 is 5.11 Å². The number of hydrogen-bond acceptors (Lipinski definition) is 3. The van der Waals surface area contributed by atoms with Crippen molar-refractivity contribution in [3.05, 3.63) is 78.0 Å². The molecule has 0 fully saturated rings. The summed E-state index contributed by atoms with van der Waals surface area (Å²) in [6.07, 6.45) is 2.08. The molecule has 0 radical (unpaired) electrons. The van der Waals surface area contributed by atoms with E-state index in [0.717, 1.165) is 23.4 Å². The molecule has 1 aromatic heterocycles. The molecule has 0 saturated heterocycles. The van der Waals surface area contributed by atoms with Crippen molar-refractivity contribution in [2.45, 2.75) is 13.1 Å². The first-order valence-electron chi connectivity index (χ1n) is 7.84. The van der Waals surface area contributed by atoms with Crippen LogP contribution in [-0.2, 0) is 13.1 Å². The van der Waals surface area contributed by atoms with Gasteiger partial charge in [0.15, 0.2) is 0 Å². The summed E-state index contributed by atoms with van der Waals surface area (Å²) in [7, 11) is 0. The lowest BCUT2D eigenvalue weighted by molar-refractivity contribution is 0.292.